The van der Waals surface area contributed by atoms with E-state index in [4.69, 9.17) is 22.1 Å². The van der Waals surface area contributed by atoms with E-state index in [1.54, 1.807) is 0 Å². The van der Waals surface area contributed by atoms with Gasteiger partial charge in [0.05, 0.1) is 11.6 Å². The number of halogens is 2. The van der Waals surface area contributed by atoms with E-state index in [1.807, 2.05) is 6.92 Å². The first-order valence-electron chi connectivity index (χ1n) is 5.70. The van der Waals surface area contributed by atoms with Crippen LogP contribution < -0.4 is 10.5 Å². The fraction of sp³-hybridized carbons (Fsp3) is 0.250. The van der Waals surface area contributed by atoms with Crippen LogP contribution in [0.1, 0.15) is 13.3 Å². The lowest BCUT2D eigenvalue weighted by Crippen LogP contribution is -2.06. The Morgan fingerprint density at radius 1 is 1.32 bits per heavy atom. The highest BCUT2D eigenvalue weighted by Crippen LogP contribution is 2.27. The Labute approximate surface area is 114 Å². The standard InChI is InChI=1S/C12H12ClFN4O/c1-2-5-19-12-17-10(16-11(15)18-12)8-6-7(14)3-4-9(8)13/h3-4,6H,2,5H2,1H3,(H2,15,16,17,18). The van der Waals surface area contributed by atoms with Crippen LogP contribution >= 0.6 is 11.6 Å². The molecule has 2 aromatic rings. The van der Waals surface area contributed by atoms with Crippen molar-refractivity contribution in [2.75, 3.05) is 12.3 Å². The van der Waals surface area contributed by atoms with Crippen molar-refractivity contribution < 1.29 is 9.13 Å². The van der Waals surface area contributed by atoms with Crippen molar-refractivity contribution in [3.05, 3.63) is 29.0 Å². The molecule has 100 valence electrons. The Bertz CT molecular complexity index is 594. The first-order chi connectivity index (χ1) is 9.10. The highest BCUT2D eigenvalue weighted by Gasteiger charge is 2.12. The number of nitrogen functional groups attached to an aromatic ring is 1. The van der Waals surface area contributed by atoms with Gasteiger partial charge in [-0.15, -0.1) is 0 Å². The summed E-state index contributed by atoms with van der Waals surface area (Å²) in [7, 11) is 0. The van der Waals surface area contributed by atoms with Crippen LogP contribution in [0.25, 0.3) is 11.4 Å². The Morgan fingerprint density at radius 3 is 2.84 bits per heavy atom. The zero-order valence-corrected chi connectivity index (χ0v) is 11.0. The second-order valence-electron chi connectivity index (χ2n) is 3.77. The topological polar surface area (TPSA) is 73.9 Å². The minimum atomic E-state index is -0.436. The second-order valence-corrected chi connectivity index (χ2v) is 4.18. The van der Waals surface area contributed by atoms with Gasteiger partial charge in [-0.05, 0) is 24.6 Å². The maximum Gasteiger partial charge on any atom is 0.321 e. The number of hydrogen-bond acceptors (Lipinski definition) is 5. The molecule has 0 bridgehead atoms. The molecule has 5 nitrogen and oxygen atoms in total. The average Bonchev–Trinajstić information content (AvgIpc) is 2.38. The monoisotopic (exact) mass is 282 g/mol. The molecule has 0 atom stereocenters. The maximum atomic E-state index is 13.2. The van der Waals surface area contributed by atoms with E-state index in [1.165, 1.54) is 18.2 Å². The smallest absolute Gasteiger partial charge is 0.321 e. The molecule has 19 heavy (non-hydrogen) atoms. The number of ether oxygens (including phenoxy) is 1. The zero-order valence-electron chi connectivity index (χ0n) is 10.2. The van der Waals surface area contributed by atoms with E-state index in [0.717, 1.165) is 6.42 Å². The predicted molar refractivity (Wildman–Crippen MR) is 70.4 cm³/mol. The van der Waals surface area contributed by atoms with Gasteiger partial charge in [-0.25, -0.2) is 4.39 Å². The summed E-state index contributed by atoms with van der Waals surface area (Å²) >= 11 is 5.99. The number of rotatable bonds is 4. The van der Waals surface area contributed by atoms with Gasteiger partial charge in [0.2, 0.25) is 5.95 Å². The van der Waals surface area contributed by atoms with Crippen LogP contribution in [-0.2, 0) is 0 Å². The van der Waals surface area contributed by atoms with Crippen molar-refractivity contribution in [1.29, 1.82) is 0 Å². The molecule has 0 spiro atoms. The summed E-state index contributed by atoms with van der Waals surface area (Å²) in [5.74, 6) is -0.256. The largest absolute Gasteiger partial charge is 0.463 e. The van der Waals surface area contributed by atoms with Crippen LogP contribution in [0.4, 0.5) is 10.3 Å². The molecule has 1 heterocycles. The first-order valence-corrected chi connectivity index (χ1v) is 6.07. The lowest BCUT2D eigenvalue weighted by Gasteiger charge is -2.07. The molecule has 7 heteroatoms. The fourth-order valence-electron chi connectivity index (χ4n) is 1.42. The highest BCUT2D eigenvalue weighted by molar-refractivity contribution is 6.33. The van der Waals surface area contributed by atoms with Gasteiger partial charge in [0, 0.05) is 5.56 Å². The Balaban J connectivity index is 2.43. The molecule has 2 rings (SSSR count). The summed E-state index contributed by atoms with van der Waals surface area (Å²) in [6.07, 6.45) is 0.807. The van der Waals surface area contributed by atoms with Crippen LogP contribution in [0.2, 0.25) is 5.02 Å². The Morgan fingerprint density at radius 2 is 2.11 bits per heavy atom. The SMILES string of the molecule is CCCOc1nc(N)nc(-c2cc(F)ccc2Cl)n1. The van der Waals surface area contributed by atoms with Crippen LogP contribution in [0.5, 0.6) is 6.01 Å². The number of hydrogen-bond donors (Lipinski definition) is 1. The van der Waals surface area contributed by atoms with Crippen LogP contribution in [0, 0.1) is 5.82 Å². The maximum absolute atomic E-state index is 13.2. The molecule has 0 amide bonds. The Hall–Kier alpha value is -1.95. The minimum Gasteiger partial charge on any atom is -0.463 e. The number of benzene rings is 1. The molecule has 0 fully saturated rings. The molecule has 0 saturated heterocycles. The summed E-state index contributed by atoms with van der Waals surface area (Å²) in [5.41, 5.74) is 5.92. The van der Waals surface area contributed by atoms with Gasteiger partial charge in [-0.3, -0.25) is 0 Å². The molecule has 0 aliphatic rings. The lowest BCUT2D eigenvalue weighted by molar-refractivity contribution is 0.292. The van der Waals surface area contributed by atoms with Gasteiger partial charge < -0.3 is 10.5 Å². The first kappa shape index (κ1) is 13.5. The quantitative estimate of drug-likeness (QED) is 0.933. The molecule has 2 N–H and O–H groups in total. The molecule has 0 aliphatic heterocycles. The predicted octanol–water partition coefficient (Wildman–Crippen LogP) is 2.70. The van der Waals surface area contributed by atoms with Crippen molar-refractivity contribution in [2.24, 2.45) is 0 Å². The van der Waals surface area contributed by atoms with Gasteiger partial charge in [-0.2, -0.15) is 15.0 Å². The fourth-order valence-corrected chi connectivity index (χ4v) is 1.62. The normalized spacial score (nSPS) is 10.5. The minimum absolute atomic E-state index is 0.00330. The summed E-state index contributed by atoms with van der Waals surface area (Å²) in [6, 6.07) is 4.02. The molecule has 1 aromatic heterocycles. The third kappa shape index (κ3) is 3.29. The Kier molecular flexibility index (Phi) is 4.11. The van der Waals surface area contributed by atoms with E-state index in [0.29, 0.717) is 17.2 Å². The van der Waals surface area contributed by atoms with E-state index in [9.17, 15) is 4.39 Å². The van der Waals surface area contributed by atoms with Gasteiger partial charge in [0.15, 0.2) is 5.82 Å². The van der Waals surface area contributed by atoms with Gasteiger partial charge >= 0.3 is 6.01 Å². The van der Waals surface area contributed by atoms with Crippen LogP contribution in [0.3, 0.4) is 0 Å². The highest BCUT2D eigenvalue weighted by atomic mass is 35.5. The number of anilines is 1. The van der Waals surface area contributed by atoms with Crippen molar-refractivity contribution in [3.63, 3.8) is 0 Å². The molecular formula is C12H12ClFN4O. The van der Waals surface area contributed by atoms with Crippen LogP contribution in [0.15, 0.2) is 18.2 Å². The lowest BCUT2D eigenvalue weighted by atomic mass is 10.2. The molecule has 0 saturated carbocycles. The number of nitrogens with two attached hydrogens (primary N) is 1. The molecule has 0 aliphatic carbocycles. The molecule has 0 radical (unpaired) electrons. The van der Waals surface area contributed by atoms with E-state index in [-0.39, 0.29) is 17.8 Å². The van der Waals surface area contributed by atoms with Gasteiger partial charge in [0.1, 0.15) is 5.82 Å². The molecular weight excluding hydrogens is 271 g/mol. The second kappa shape index (κ2) is 5.79. The summed E-state index contributed by atoms with van der Waals surface area (Å²) in [4.78, 5) is 11.9. The van der Waals surface area contributed by atoms with Crippen molar-refractivity contribution >= 4 is 17.5 Å². The summed E-state index contributed by atoms with van der Waals surface area (Å²) in [5, 5.41) is 0.327. The number of aromatic nitrogens is 3. The van der Waals surface area contributed by atoms with E-state index in [2.05, 4.69) is 15.0 Å². The summed E-state index contributed by atoms with van der Waals surface area (Å²) < 4.78 is 18.5. The number of nitrogens with zero attached hydrogens (tertiary/aromatic N) is 3. The average molecular weight is 283 g/mol. The van der Waals surface area contributed by atoms with Crippen molar-refractivity contribution in [1.82, 2.24) is 15.0 Å². The van der Waals surface area contributed by atoms with Crippen LogP contribution in [-0.4, -0.2) is 21.6 Å². The third-order valence-corrected chi connectivity index (χ3v) is 2.57. The van der Waals surface area contributed by atoms with Gasteiger partial charge in [-0.1, -0.05) is 18.5 Å². The third-order valence-electron chi connectivity index (χ3n) is 2.24. The zero-order chi connectivity index (χ0) is 13.8. The molecule has 1 aromatic carbocycles. The van der Waals surface area contributed by atoms with Gasteiger partial charge in [0.25, 0.3) is 0 Å². The van der Waals surface area contributed by atoms with Crippen molar-refractivity contribution in [2.45, 2.75) is 13.3 Å². The summed E-state index contributed by atoms with van der Waals surface area (Å²) in [6.45, 7) is 2.41. The molecule has 0 unspecified atom stereocenters. The van der Waals surface area contributed by atoms with Crippen molar-refractivity contribution in [3.8, 4) is 17.4 Å². The van der Waals surface area contributed by atoms with E-state index >= 15 is 0 Å². The van der Waals surface area contributed by atoms with E-state index < -0.39 is 5.82 Å².